The second-order valence-corrected chi connectivity index (χ2v) is 3.98. The van der Waals surface area contributed by atoms with E-state index in [1.165, 1.54) is 5.56 Å². The van der Waals surface area contributed by atoms with Gasteiger partial charge in [-0.05, 0) is 37.3 Å². The summed E-state index contributed by atoms with van der Waals surface area (Å²) in [7, 11) is 0. The summed E-state index contributed by atoms with van der Waals surface area (Å²) >= 11 is 0. The van der Waals surface area contributed by atoms with Crippen LogP contribution >= 0.6 is 0 Å². The summed E-state index contributed by atoms with van der Waals surface area (Å²) in [6.07, 6.45) is -0.122. The second-order valence-electron chi connectivity index (χ2n) is 3.98. The lowest BCUT2D eigenvalue weighted by Crippen LogP contribution is -2.22. The van der Waals surface area contributed by atoms with Crippen molar-refractivity contribution in [2.75, 3.05) is 11.9 Å². The number of hydrogen-bond donors (Lipinski definition) is 1. The molecule has 0 aromatic carbocycles. The maximum Gasteiger partial charge on any atom is 0.405 e. The van der Waals surface area contributed by atoms with Gasteiger partial charge in [0.05, 0.1) is 0 Å². The van der Waals surface area contributed by atoms with Crippen molar-refractivity contribution in [3.8, 4) is 0 Å². The molecule has 16 heavy (non-hydrogen) atoms. The Morgan fingerprint density at radius 3 is 2.69 bits per heavy atom. The zero-order valence-electron chi connectivity index (χ0n) is 8.77. The van der Waals surface area contributed by atoms with Gasteiger partial charge < -0.3 is 5.32 Å². The monoisotopic (exact) mass is 230 g/mol. The third-order valence-corrected chi connectivity index (χ3v) is 2.65. The molecule has 0 atom stereocenters. The van der Waals surface area contributed by atoms with E-state index in [0.29, 0.717) is 5.82 Å². The molecule has 1 aromatic heterocycles. The topological polar surface area (TPSA) is 24.9 Å². The maximum absolute atomic E-state index is 12.0. The molecule has 1 N–H and O–H groups in total. The van der Waals surface area contributed by atoms with E-state index in [1.54, 1.807) is 6.07 Å². The van der Waals surface area contributed by atoms with Crippen LogP contribution in [0.2, 0.25) is 0 Å². The molecule has 0 amide bonds. The van der Waals surface area contributed by atoms with Crippen LogP contribution in [0.1, 0.15) is 24.1 Å². The van der Waals surface area contributed by atoms with Crippen LogP contribution in [0, 0.1) is 0 Å². The van der Waals surface area contributed by atoms with Crippen LogP contribution in [0.25, 0.3) is 0 Å². The molecule has 0 radical (unpaired) electrons. The molecule has 1 aliphatic carbocycles. The first-order valence-electron chi connectivity index (χ1n) is 5.34. The summed E-state index contributed by atoms with van der Waals surface area (Å²) in [6, 6.07) is 3.50. The van der Waals surface area contributed by atoms with Crippen LogP contribution in [0.15, 0.2) is 12.1 Å². The standard InChI is InChI=1S/C11H13F3N2/c12-11(13,14)7-15-10-6-5-8-3-1-2-4-9(8)16-10/h5-6H,1-4,7H2,(H,15,16). The van der Waals surface area contributed by atoms with Crippen LogP contribution in [0.5, 0.6) is 0 Å². The van der Waals surface area contributed by atoms with E-state index in [1.807, 2.05) is 6.07 Å². The largest absolute Gasteiger partial charge is 0.405 e. The first kappa shape index (κ1) is 11.2. The summed E-state index contributed by atoms with van der Waals surface area (Å²) in [4.78, 5) is 4.21. The minimum absolute atomic E-state index is 0.318. The predicted molar refractivity (Wildman–Crippen MR) is 55.4 cm³/mol. The number of rotatable bonds is 2. The molecule has 88 valence electrons. The van der Waals surface area contributed by atoms with Gasteiger partial charge in [0.25, 0.3) is 0 Å². The van der Waals surface area contributed by atoms with Gasteiger partial charge in [-0.15, -0.1) is 0 Å². The van der Waals surface area contributed by atoms with E-state index < -0.39 is 12.7 Å². The van der Waals surface area contributed by atoms with E-state index >= 15 is 0 Å². The van der Waals surface area contributed by atoms with Crippen molar-refractivity contribution in [2.45, 2.75) is 31.9 Å². The van der Waals surface area contributed by atoms with Crippen molar-refractivity contribution >= 4 is 5.82 Å². The molecule has 1 aliphatic rings. The molecule has 0 fully saturated rings. The molecule has 1 aromatic rings. The zero-order chi connectivity index (χ0) is 11.6. The Balaban J connectivity index is 2.06. The number of nitrogens with one attached hydrogen (secondary N) is 1. The molecular formula is C11H13F3N2. The van der Waals surface area contributed by atoms with Gasteiger partial charge in [-0.1, -0.05) is 6.07 Å². The third-order valence-electron chi connectivity index (χ3n) is 2.65. The van der Waals surface area contributed by atoms with Crippen LogP contribution in [-0.4, -0.2) is 17.7 Å². The molecule has 5 heteroatoms. The molecule has 1 heterocycles. The molecular weight excluding hydrogens is 217 g/mol. The number of aryl methyl sites for hydroxylation is 2. The summed E-state index contributed by atoms with van der Waals surface area (Å²) in [5.41, 5.74) is 2.11. The Morgan fingerprint density at radius 2 is 1.94 bits per heavy atom. The van der Waals surface area contributed by atoms with Crippen molar-refractivity contribution in [2.24, 2.45) is 0 Å². The molecule has 0 spiro atoms. The van der Waals surface area contributed by atoms with E-state index in [2.05, 4.69) is 10.3 Å². The number of anilines is 1. The van der Waals surface area contributed by atoms with E-state index in [4.69, 9.17) is 0 Å². The van der Waals surface area contributed by atoms with E-state index in [-0.39, 0.29) is 0 Å². The Morgan fingerprint density at radius 1 is 1.19 bits per heavy atom. The van der Waals surface area contributed by atoms with Gasteiger partial charge in [-0.2, -0.15) is 13.2 Å². The Kier molecular flexibility index (Phi) is 3.03. The van der Waals surface area contributed by atoms with Crippen molar-refractivity contribution < 1.29 is 13.2 Å². The molecule has 0 aliphatic heterocycles. The Bertz CT molecular complexity index is 374. The number of alkyl halides is 3. The smallest absolute Gasteiger partial charge is 0.361 e. The molecule has 0 saturated carbocycles. The average molecular weight is 230 g/mol. The van der Waals surface area contributed by atoms with Crippen LogP contribution in [0.4, 0.5) is 19.0 Å². The average Bonchev–Trinajstić information content (AvgIpc) is 2.25. The molecule has 2 rings (SSSR count). The highest BCUT2D eigenvalue weighted by atomic mass is 19.4. The number of hydrogen-bond acceptors (Lipinski definition) is 2. The lowest BCUT2D eigenvalue weighted by Gasteiger charge is -2.16. The van der Waals surface area contributed by atoms with Crippen LogP contribution in [0.3, 0.4) is 0 Å². The molecule has 0 saturated heterocycles. The Labute approximate surface area is 91.9 Å². The number of pyridine rings is 1. The van der Waals surface area contributed by atoms with Crippen LogP contribution < -0.4 is 5.32 Å². The normalized spacial score (nSPS) is 15.7. The Hall–Kier alpha value is -1.26. The van der Waals surface area contributed by atoms with Gasteiger partial charge in [0.2, 0.25) is 0 Å². The lowest BCUT2D eigenvalue weighted by molar-refractivity contribution is -0.115. The highest BCUT2D eigenvalue weighted by Crippen LogP contribution is 2.22. The fourth-order valence-corrected chi connectivity index (χ4v) is 1.87. The van der Waals surface area contributed by atoms with Crippen molar-refractivity contribution in [3.05, 3.63) is 23.4 Å². The molecule has 2 nitrogen and oxygen atoms in total. The van der Waals surface area contributed by atoms with Crippen molar-refractivity contribution in [3.63, 3.8) is 0 Å². The number of halogens is 3. The first-order valence-corrected chi connectivity index (χ1v) is 5.34. The fourth-order valence-electron chi connectivity index (χ4n) is 1.87. The minimum atomic E-state index is -4.20. The van der Waals surface area contributed by atoms with Gasteiger partial charge in [-0.3, -0.25) is 0 Å². The summed E-state index contributed by atoms with van der Waals surface area (Å²) < 4.78 is 36.0. The quantitative estimate of drug-likeness (QED) is 0.844. The number of nitrogens with zero attached hydrogens (tertiary/aromatic N) is 1. The van der Waals surface area contributed by atoms with Gasteiger partial charge in [0.15, 0.2) is 0 Å². The van der Waals surface area contributed by atoms with Crippen molar-refractivity contribution in [1.82, 2.24) is 4.98 Å². The third kappa shape index (κ3) is 2.87. The highest BCUT2D eigenvalue weighted by molar-refractivity contribution is 5.39. The number of fused-ring (bicyclic) bond motifs is 1. The molecule has 0 bridgehead atoms. The highest BCUT2D eigenvalue weighted by Gasteiger charge is 2.26. The van der Waals surface area contributed by atoms with Gasteiger partial charge in [0.1, 0.15) is 12.4 Å². The zero-order valence-corrected chi connectivity index (χ0v) is 8.77. The predicted octanol–water partition coefficient (Wildman–Crippen LogP) is 2.93. The lowest BCUT2D eigenvalue weighted by atomic mass is 9.96. The summed E-state index contributed by atoms with van der Waals surface area (Å²) in [5, 5.41) is 2.30. The maximum atomic E-state index is 12.0. The van der Waals surface area contributed by atoms with Gasteiger partial charge >= 0.3 is 6.18 Å². The minimum Gasteiger partial charge on any atom is -0.361 e. The summed E-state index contributed by atoms with van der Waals surface area (Å²) in [5.74, 6) is 0.318. The number of aromatic nitrogens is 1. The van der Waals surface area contributed by atoms with Crippen LogP contribution in [-0.2, 0) is 12.8 Å². The fraction of sp³-hybridized carbons (Fsp3) is 0.545. The van der Waals surface area contributed by atoms with Gasteiger partial charge in [-0.25, -0.2) is 4.98 Å². The first-order chi connectivity index (χ1) is 7.54. The molecule has 0 unspecified atom stereocenters. The second kappa shape index (κ2) is 4.31. The van der Waals surface area contributed by atoms with Crippen molar-refractivity contribution in [1.29, 1.82) is 0 Å². The SMILES string of the molecule is FC(F)(F)CNc1ccc2c(n1)CCCC2. The van der Waals surface area contributed by atoms with E-state index in [9.17, 15) is 13.2 Å². The van der Waals surface area contributed by atoms with E-state index in [0.717, 1.165) is 31.4 Å². The summed E-state index contributed by atoms with van der Waals surface area (Å²) in [6.45, 7) is -1.03. The van der Waals surface area contributed by atoms with Gasteiger partial charge in [0, 0.05) is 5.69 Å².